The van der Waals surface area contributed by atoms with Crippen molar-refractivity contribution in [3.8, 4) is 5.75 Å². The van der Waals surface area contributed by atoms with Crippen molar-refractivity contribution in [2.24, 2.45) is 17.3 Å². The fraction of sp³-hybridized carbons (Fsp3) is 0.611. The summed E-state index contributed by atoms with van der Waals surface area (Å²) in [6.45, 7) is 2.42. The fourth-order valence-corrected chi connectivity index (χ4v) is 6.08. The summed E-state index contributed by atoms with van der Waals surface area (Å²) in [6, 6.07) is 4.15. The smallest absolute Gasteiger partial charge is 0.130 e. The lowest BCUT2D eigenvalue weighted by Gasteiger charge is -2.49. The van der Waals surface area contributed by atoms with Crippen molar-refractivity contribution < 1.29 is 5.11 Å². The van der Waals surface area contributed by atoms with Gasteiger partial charge in [0.2, 0.25) is 0 Å². The van der Waals surface area contributed by atoms with Gasteiger partial charge in [0, 0.05) is 5.41 Å². The molecule has 0 amide bonds. The molecule has 1 aromatic carbocycles. The molecular formula is C18H21BrOS. The first-order chi connectivity index (χ1) is 10.0. The van der Waals surface area contributed by atoms with Crippen LogP contribution in [0.5, 0.6) is 5.75 Å². The molecule has 3 aliphatic rings. The van der Waals surface area contributed by atoms with Crippen LogP contribution in [0.25, 0.3) is 0 Å². The number of phenols is 1. The van der Waals surface area contributed by atoms with Crippen molar-refractivity contribution in [3.05, 3.63) is 27.7 Å². The first-order valence-electron chi connectivity index (χ1n) is 8.05. The van der Waals surface area contributed by atoms with Gasteiger partial charge in [0.25, 0.3) is 0 Å². The fourth-order valence-electron chi connectivity index (χ4n) is 5.35. The van der Waals surface area contributed by atoms with E-state index < -0.39 is 0 Å². The highest BCUT2D eigenvalue weighted by atomic mass is 79.9. The van der Waals surface area contributed by atoms with Crippen molar-refractivity contribution >= 4 is 33.0 Å². The molecular weight excluding hydrogens is 344 g/mol. The van der Waals surface area contributed by atoms with Crippen LogP contribution in [0.1, 0.15) is 56.1 Å². The van der Waals surface area contributed by atoms with E-state index in [9.17, 15) is 5.11 Å². The third-order valence-electron chi connectivity index (χ3n) is 6.50. The van der Waals surface area contributed by atoms with Crippen molar-refractivity contribution in [2.75, 3.05) is 0 Å². The Kier molecular flexibility index (Phi) is 3.24. The Morgan fingerprint density at radius 2 is 2.05 bits per heavy atom. The summed E-state index contributed by atoms with van der Waals surface area (Å²) in [7, 11) is 0. The van der Waals surface area contributed by atoms with Crippen LogP contribution in [-0.2, 0) is 6.42 Å². The zero-order chi connectivity index (χ0) is 14.8. The second-order valence-electron chi connectivity index (χ2n) is 7.34. The van der Waals surface area contributed by atoms with Gasteiger partial charge in [-0.1, -0.05) is 19.1 Å². The van der Waals surface area contributed by atoms with Crippen LogP contribution in [0, 0.1) is 17.3 Å². The predicted molar refractivity (Wildman–Crippen MR) is 93.0 cm³/mol. The first kappa shape index (κ1) is 14.2. The van der Waals surface area contributed by atoms with E-state index in [0.29, 0.717) is 17.1 Å². The Labute approximate surface area is 140 Å². The van der Waals surface area contributed by atoms with Gasteiger partial charge in [-0.3, -0.25) is 0 Å². The van der Waals surface area contributed by atoms with Gasteiger partial charge in [-0.15, -0.1) is 0 Å². The third-order valence-corrected chi connectivity index (χ3v) is 7.81. The van der Waals surface area contributed by atoms with Gasteiger partial charge in [0.15, 0.2) is 0 Å². The first-order valence-corrected chi connectivity index (χ1v) is 9.25. The number of aryl methyl sites for hydroxylation is 1. The minimum Gasteiger partial charge on any atom is -0.507 e. The second kappa shape index (κ2) is 4.79. The molecule has 2 saturated carbocycles. The summed E-state index contributed by atoms with van der Waals surface area (Å²) < 4.78 is 0.845. The van der Waals surface area contributed by atoms with E-state index in [1.807, 2.05) is 6.07 Å². The molecule has 0 aromatic heterocycles. The van der Waals surface area contributed by atoms with Crippen molar-refractivity contribution in [1.29, 1.82) is 0 Å². The number of hydrogen-bond acceptors (Lipinski definition) is 2. The van der Waals surface area contributed by atoms with Crippen molar-refractivity contribution in [2.45, 2.75) is 51.4 Å². The summed E-state index contributed by atoms with van der Waals surface area (Å²) in [5.41, 5.74) is 3.17. The monoisotopic (exact) mass is 364 g/mol. The number of hydrogen-bond donors (Lipinski definition) is 1. The summed E-state index contributed by atoms with van der Waals surface area (Å²) in [4.78, 5) is 1.34. The molecule has 1 nitrogen and oxygen atoms in total. The highest BCUT2D eigenvalue weighted by molar-refractivity contribution is 9.10. The molecule has 0 heterocycles. The molecule has 112 valence electrons. The number of phenolic OH excluding ortho intramolecular Hbond substituents is 1. The number of halogens is 1. The van der Waals surface area contributed by atoms with E-state index in [1.54, 1.807) is 0 Å². The van der Waals surface area contributed by atoms with Gasteiger partial charge in [0.05, 0.1) is 4.47 Å². The van der Waals surface area contributed by atoms with E-state index in [-0.39, 0.29) is 0 Å². The van der Waals surface area contributed by atoms with Gasteiger partial charge < -0.3 is 5.11 Å². The van der Waals surface area contributed by atoms with Gasteiger partial charge in [0.1, 0.15) is 5.75 Å². The zero-order valence-electron chi connectivity index (χ0n) is 12.4. The molecule has 3 aliphatic carbocycles. The van der Waals surface area contributed by atoms with E-state index in [0.717, 1.165) is 29.2 Å². The summed E-state index contributed by atoms with van der Waals surface area (Å²) in [5, 5.41) is 9.93. The van der Waals surface area contributed by atoms with E-state index in [2.05, 4.69) is 28.9 Å². The highest BCUT2D eigenvalue weighted by Gasteiger charge is 2.52. The molecule has 4 rings (SSSR count). The molecule has 1 aromatic rings. The highest BCUT2D eigenvalue weighted by Crippen LogP contribution is 2.60. The lowest BCUT2D eigenvalue weighted by atomic mass is 9.56. The Hall–Kier alpha value is -0.410. The zero-order valence-corrected chi connectivity index (χ0v) is 14.8. The van der Waals surface area contributed by atoms with Crippen LogP contribution in [0.4, 0.5) is 0 Å². The van der Waals surface area contributed by atoms with Crippen molar-refractivity contribution in [1.82, 2.24) is 0 Å². The maximum absolute atomic E-state index is 9.93. The minimum absolute atomic E-state index is 0.322. The quantitative estimate of drug-likeness (QED) is 0.623. The molecule has 0 radical (unpaired) electrons. The average Bonchev–Trinajstić information content (AvgIpc) is 2.76. The second-order valence-corrected chi connectivity index (χ2v) is 8.68. The molecule has 0 aliphatic heterocycles. The Morgan fingerprint density at radius 3 is 2.86 bits per heavy atom. The van der Waals surface area contributed by atoms with Gasteiger partial charge >= 0.3 is 0 Å². The van der Waals surface area contributed by atoms with Crippen LogP contribution in [0.2, 0.25) is 0 Å². The van der Waals surface area contributed by atoms with Gasteiger partial charge in [-0.2, -0.15) is 0 Å². The third kappa shape index (κ3) is 1.96. The summed E-state index contributed by atoms with van der Waals surface area (Å²) in [5.74, 6) is 2.62. The van der Waals surface area contributed by atoms with E-state index in [4.69, 9.17) is 12.2 Å². The molecule has 21 heavy (non-hydrogen) atoms. The standard InChI is InChI=1S/C18H21BrOS/c1-18-7-6-11-12(14(18)4-5-17(18)21)3-2-10-8-16(20)15(19)9-13(10)11/h8-9,11-12,14,20H,2-7H2,1H3/t11?,12?,14?,18-/m0/s1. The molecule has 3 heteroatoms. The largest absolute Gasteiger partial charge is 0.507 e. The van der Waals surface area contributed by atoms with Gasteiger partial charge in [-0.25, -0.2) is 0 Å². The van der Waals surface area contributed by atoms with Crippen LogP contribution < -0.4 is 0 Å². The molecule has 0 saturated heterocycles. The lowest BCUT2D eigenvalue weighted by Crippen LogP contribution is -2.42. The van der Waals surface area contributed by atoms with Crippen LogP contribution in [0.3, 0.4) is 0 Å². The molecule has 3 unspecified atom stereocenters. The SMILES string of the molecule is C[C@]12CCC3c4cc(Br)c(O)cc4CCC3C1CCC2=S. The van der Waals surface area contributed by atoms with Crippen LogP contribution in [-0.4, -0.2) is 9.97 Å². The van der Waals surface area contributed by atoms with E-state index in [1.165, 1.54) is 41.7 Å². The number of aromatic hydroxyl groups is 1. The number of thiocarbonyl (C=S) groups is 1. The number of benzene rings is 1. The Morgan fingerprint density at radius 1 is 1.24 bits per heavy atom. The Balaban J connectivity index is 1.75. The molecule has 4 atom stereocenters. The Bertz CT molecular complexity index is 626. The summed E-state index contributed by atoms with van der Waals surface area (Å²) in [6.07, 6.45) is 7.33. The maximum atomic E-state index is 9.93. The topological polar surface area (TPSA) is 20.2 Å². The molecule has 0 bridgehead atoms. The van der Waals surface area contributed by atoms with Crippen molar-refractivity contribution in [3.63, 3.8) is 0 Å². The lowest BCUT2D eigenvalue weighted by molar-refractivity contribution is 0.0966. The molecule has 2 fully saturated rings. The van der Waals surface area contributed by atoms with E-state index >= 15 is 0 Å². The summed E-state index contributed by atoms with van der Waals surface area (Å²) >= 11 is 9.20. The van der Waals surface area contributed by atoms with Gasteiger partial charge in [-0.05, 0) is 100 Å². The van der Waals surface area contributed by atoms with Crippen LogP contribution >= 0.6 is 28.1 Å². The maximum Gasteiger partial charge on any atom is 0.130 e. The normalized spacial score (nSPS) is 37.8. The predicted octanol–water partition coefficient (Wildman–Crippen LogP) is 5.38. The average molecular weight is 365 g/mol. The number of rotatable bonds is 0. The van der Waals surface area contributed by atoms with Crippen LogP contribution in [0.15, 0.2) is 16.6 Å². The molecule has 1 N–H and O–H groups in total. The molecule has 0 spiro atoms. The number of fused-ring (bicyclic) bond motifs is 5. The minimum atomic E-state index is 0.322.